The van der Waals surface area contributed by atoms with Crippen molar-refractivity contribution in [3.05, 3.63) is 29.3 Å². The van der Waals surface area contributed by atoms with Crippen molar-refractivity contribution in [2.24, 2.45) is 5.41 Å². The maximum atomic E-state index is 12.0. The normalized spacial score (nSPS) is 15.7. The van der Waals surface area contributed by atoms with Crippen molar-refractivity contribution in [3.63, 3.8) is 0 Å². The molecule has 1 amide bonds. The predicted molar refractivity (Wildman–Crippen MR) is 83.0 cm³/mol. The number of carbonyl (C=O) groups excluding carboxylic acids is 1. The van der Waals surface area contributed by atoms with Gasteiger partial charge in [0.1, 0.15) is 5.75 Å². The van der Waals surface area contributed by atoms with Crippen LogP contribution in [0, 0.1) is 12.3 Å². The van der Waals surface area contributed by atoms with E-state index < -0.39 is 11.4 Å². The van der Waals surface area contributed by atoms with Crippen LogP contribution in [0.4, 0.5) is 0 Å². The molecule has 0 bridgehead atoms. The minimum Gasteiger partial charge on any atom is -0.496 e. The fourth-order valence-corrected chi connectivity index (χ4v) is 2.88. The number of methoxy groups -OCH3 is 1. The highest BCUT2D eigenvalue weighted by molar-refractivity contribution is 5.85. The summed E-state index contributed by atoms with van der Waals surface area (Å²) in [6.07, 6.45) is 2.83. The fourth-order valence-electron chi connectivity index (χ4n) is 2.88. The van der Waals surface area contributed by atoms with Crippen molar-refractivity contribution >= 4 is 11.9 Å². The summed E-state index contributed by atoms with van der Waals surface area (Å²) in [5, 5.41) is 12.1. The third kappa shape index (κ3) is 3.59. The van der Waals surface area contributed by atoms with Gasteiger partial charge < -0.3 is 15.2 Å². The third-order valence-corrected chi connectivity index (χ3v) is 4.42. The van der Waals surface area contributed by atoms with E-state index in [1.54, 1.807) is 7.11 Å². The summed E-state index contributed by atoms with van der Waals surface area (Å²) in [6, 6.07) is 5.93. The summed E-state index contributed by atoms with van der Waals surface area (Å²) >= 11 is 0. The van der Waals surface area contributed by atoms with Gasteiger partial charge in [-0.25, -0.2) is 0 Å². The van der Waals surface area contributed by atoms with Gasteiger partial charge in [-0.1, -0.05) is 24.1 Å². The highest BCUT2D eigenvalue weighted by Gasteiger charge is 2.45. The van der Waals surface area contributed by atoms with Crippen LogP contribution in [0.15, 0.2) is 18.2 Å². The minimum absolute atomic E-state index is 0.0767. The number of carbonyl (C=O) groups is 2. The second kappa shape index (κ2) is 6.81. The summed E-state index contributed by atoms with van der Waals surface area (Å²) in [7, 11) is 1.62. The van der Waals surface area contributed by atoms with Gasteiger partial charge in [0.15, 0.2) is 0 Å². The van der Waals surface area contributed by atoms with Crippen molar-refractivity contribution < 1.29 is 19.4 Å². The summed E-state index contributed by atoms with van der Waals surface area (Å²) in [5.41, 5.74) is 1.35. The molecule has 1 saturated carbocycles. The Bertz CT molecular complexity index is 564. The Morgan fingerprint density at radius 2 is 2.09 bits per heavy atom. The number of rotatable bonds is 7. The van der Waals surface area contributed by atoms with Gasteiger partial charge in [0.2, 0.25) is 5.91 Å². The second-order valence-corrected chi connectivity index (χ2v) is 6.03. The van der Waals surface area contributed by atoms with E-state index in [9.17, 15) is 14.7 Å². The van der Waals surface area contributed by atoms with Crippen molar-refractivity contribution in [1.82, 2.24) is 5.32 Å². The first-order valence-electron chi connectivity index (χ1n) is 7.60. The monoisotopic (exact) mass is 305 g/mol. The quantitative estimate of drug-likeness (QED) is 0.810. The largest absolute Gasteiger partial charge is 0.496 e. The molecule has 1 aliphatic carbocycles. The summed E-state index contributed by atoms with van der Waals surface area (Å²) in [5.74, 6) is -0.233. The number of hydrogen-bond acceptors (Lipinski definition) is 3. The Balaban J connectivity index is 1.85. The molecule has 1 aromatic carbocycles. The molecule has 0 radical (unpaired) electrons. The van der Waals surface area contributed by atoms with Gasteiger partial charge in [-0.3, -0.25) is 9.59 Å². The Hall–Kier alpha value is -2.04. The third-order valence-electron chi connectivity index (χ3n) is 4.42. The van der Waals surface area contributed by atoms with Crippen molar-refractivity contribution in [2.75, 3.05) is 13.7 Å². The molecule has 120 valence electrons. The lowest BCUT2D eigenvalue weighted by Gasteiger charge is -2.36. The molecule has 2 N–H and O–H groups in total. The summed E-state index contributed by atoms with van der Waals surface area (Å²) < 4.78 is 5.31. The molecule has 0 unspecified atom stereocenters. The topological polar surface area (TPSA) is 75.6 Å². The molecule has 0 atom stereocenters. The van der Waals surface area contributed by atoms with E-state index in [2.05, 4.69) is 5.32 Å². The van der Waals surface area contributed by atoms with Crippen LogP contribution in [0.3, 0.4) is 0 Å². The smallest absolute Gasteiger partial charge is 0.310 e. The minimum atomic E-state index is -0.853. The number of benzene rings is 1. The Morgan fingerprint density at radius 3 is 2.64 bits per heavy atom. The molecule has 5 heteroatoms. The molecular formula is C17H23NO4. The van der Waals surface area contributed by atoms with Crippen LogP contribution in [0.5, 0.6) is 5.75 Å². The lowest BCUT2D eigenvalue weighted by molar-refractivity contribution is -0.157. The predicted octanol–water partition coefficient (Wildman–Crippen LogP) is 2.31. The molecule has 0 spiro atoms. The maximum Gasteiger partial charge on any atom is 0.310 e. The maximum absolute atomic E-state index is 12.0. The molecule has 0 saturated heterocycles. The molecule has 1 fully saturated rings. The number of nitrogens with one attached hydrogen (secondary N) is 1. The zero-order valence-electron chi connectivity index (χ0n) is 13.1. The average Bonchev–Trinajstić information content (AvgIpc) is 2.42. The first-order chi connectivity index (χ1) is 10.5. The molecule has 0 aliphatic heterocycles. The van der Waals surface area contributed by atoms with E-state index in [-0.39, 0.29) is 12.3 Å². The number of ether oxygens (including phenoxy) is 1. The van der Waals surface area contributed by atoms with Crippen LogP contribution in [-0.2, 0) is 16.0 Å². The number of aryl methyl sites for hydroxylation is 1. The fraction of sp³-hybridized carbons (Fsp3) is 0.529. The van der Waals surface area contributed by atoms with Gasteiger partial charge >= 0.3 is 5.97 Å². The molecule has 2 rings (SSSR count). The molecule has 22 heavy (non-hydrogen) atoms. The van der Waals surface area contributed by atoms with Crippen LogP contribution >= 0.6 is 0 Å². The lowest BCUT2D eigenvalue weighted by atomic mass is 9.66. The van der Waals surface area contributed by atoms with E-state index in [1.165, 1.54) is 0 Å². The van der Waals surface area contributed by atoms with Crippen molar-refractivity contribution in [3.8, 4) is 5.75 Å². The molecule has 0 aromatic heterocycles. The standard InChI is InChI=1S/C17H23NO4/c1-12-4-5-14(22-2)13(10-12)6-9-18-15(19)11-17(16(20)21)7-3-8-17/h4-5,10H,3,6-9,11H2,1-2H3,(H,18,19)(H,20,21). The van der Waals surface area contributed by atoms with E-state index >= 15 is 0 Å². The summed E-state index contributed by atoms with van der Waals surface area (Å²) in [4.78, 5) is 23.2. The van der Waals surface area contributed by atoms with Gasteiger partial charge in [-0.05, 0) is 37.8 Å². The molecular weight excluding hydrogens is 282 g/mol. The number of carboxylic acids is 1. The van der Waals surface area contributed by atoms with Crippen molar-refractivity contribution in [2.45, 2.75) is 39.0 Å². The number of hydrogen-bond donors (Lipinski definition) is 2. The highest BCUT2D eigenvalue weighted by atomic mass is 16.5. The van der Waals surface area contributed by atoms with E-state index in [1.807, 2.05) is 25.1 Å². The van der Waals surface area contributed by atoms with Crippen molar-refractivity contribution in [1.29, 1.82) is 0 Å². The van der Waals surface area contributed by atoms with Crippen LogP contribution in [-0.4, -0.2) is 30.6 Å². The first kappa shape index (κ1) is 16.3. The second-order valence-electron chi connectivity index (χ2n) is 6.03. The van der Waals surface area contributed by atoms with Crippen LogP contribution in [0.1, 0.15) is 36.8 Å². The zero-order valence-corrected chi connectivity index (χ0v) is 13.1. The Labute approximate surface area is 130 Å². The Kier molecular flexibility index (Phi) is 5.06. The molecule has 1 aliphatic rings. The molecule has 0 heterocycles. The number of carboxylic acid groups (broad SMARTS) is 1. The summed E-state index contributed by atoms with van der Waals surface area (Å²) in [6.45, 7) is 2.49. The van der Waals surface area contributed by atoms with E-state index in [0.29, 0.717) is 25.8 Å². The van der Waals surface area contributed by atoms with Gasteiger partial charge in [-0.15, -0.1) is 0 Å². The first-order valence-corrected chi connectivity index (χ1v) is 7.60. The Morgan fingerprint density at radius 1 is 1.36 bits per heavy atom. The van der Waals surface area contributed by atoms with Crippen LogP contribution in [0.25, 0.3) is 0 Å². The van der Waals surface area contributed by atoms with Crippen LogP contribution in [0.2, 0.25) is 0 Å². The van der Waals surface area contributed by atoms with E-state index in [4.69, 9.17) is 4.74 Å². The SMILES string of the molecule is COc1ccc(C)cc1CCNC(=O)CC1(C(=O)O)CCC1. The molecule has 1 aromatic rings. The number of aliphatic carboxylic acids is 1. The van der Waals surface area contributed by atoms with Gasteiger partial charge in [0, 0.05) is 13.0 Å². The van der Waals surface area contributed by atoms with Gasteiger partial charge in [-0.2, -0.15) is 0 Å². The highest BCUT2D eigenvalue weighted by Crippen LogP contribution is 2.44. The van der Waals surface area contributed by atoms with Crippen LogP contribution < -0.4 is 10.1 Å². The number of amides is 1. The lowest BCUT2D eigenvalue weighted by Crippen LogP contribution is -2.42. The van der Waals surface area contributed by atoms with Gasteiger partial charge in [0.05, 0.1) is 12.5 Å². The molecule has 5 nitrogen and oxygen atoms in total. The zero-order chi connectivity index (χ0) is 16.2. The van der Waals surface area contributed by atoms with Gasteiger partial charge in [0.25, 0.3) is 0 Å². The average molecular weight is 305 g/mol. The van der Waals surface area contributed by atoms with E-state index in [0.717, 1.165) is 23.3 Å².